The lowest BCUT2D eigenvalue weighted by Crippen LogP contribution is -2.58. The molecule has 190 valence electrons. The molecule has 13 heteroatoms. The Kier molecular flexibility index (Phi) is 7.77. The minimum atomic E-state index is -3.99. The number of nitrogens with zero attached hydrogens (tertiary/aromatic N) is 4. The Balaban J connectivity index is 1.88. The molecule has 10 nitrogen and oxygen atoms in total. The van der Waals surface area contributed by atoms with Gasteiger partial charge in [0.05, 0.1) is 6.04 Å². The lowest BCUT2D eigenvalue weighted by Gasteiger charge is -2.48. The van der Waals surface area contributed by atoms with Crippen LogP contribution < -0.4 is 4.72 Å². The number of rotatable bonds is 7. The van der Waals surface area contributed by atoms with Crippen molar-refractivity contribution in [1.82, 2.24) is 9.62 Å². The predicted octanol–water partition coefficient (Wildman–Crippen LogP) is 4.86. The maximum Gasteiger partial charge on any atom is 0.313 e. The average molecular weight is 552 g/mol. The summed E-state index contributed by atoms with van der Waals surface area (Å²) in [5.41, 5.74) is 9.55. The molecule has 1 heterocycles. The van der Waals surface area contributed by atoms with Crippen LogP contribution >= 0.6 is 23.2 Å². The van der Waals surface area contributed by atoms with E-state index in [-0.39, 0.29) is 10.6 Å². The molecule has 1 fully saturated rings. The number of sulfonamides is 1. The first-order valence-electron chi connectivity index (χ1n) is 11.2. The van der Waals surface area contributed by atoms with Gasteiger partial charge in [-0.3, -0.25) is 9.59 Å². The molecule has 2 N–H and O–H groups in total. The molecule has 0 unspecified atom stereocenters. The van der Waals surface area contributed by atoms with Crippen LogP contribution in [0.4, 0.5) is 0 Å². The predicted molar refractivity (Wildman–Crippen MR) is 134 cm³/mol. The largest absolute Gasteiger partial charge is 0.481 e. The molecule has 2 aliphatic rings. The van der Waals surface area contributed by atoms with Crippen molar-refractivity contribution >= 4 is 45.1 Å². The molecule has 0 spiro atoms. The molecule has 2 aromatic rings. The van der Waals surface area contributed by atoms with Crippen LogP contribution in [-0.4, -0.2) is 48.3 Å². The van der Waals surface area contributed by atoms with E-state index in [1.807, 2.05) is 0 Å². The minimum Gasteiger partial charge on any atom is -0.481 e. The molecule has 2 aromatic carbocycles. The number of carboxylic acid groups (broad SMARTS) is 1. The monoisotopic (exact) mass is 551 g/mol. The maximum atomic E-state index is 13.9. The van der Waals surface area contributed by atoms with Crippen molar-refractivity contribution < 1.29 is 23.1 Å². The van der Waals surface area contributed by atoms with Gasteiger partial charge in [-0.1, -0.05) is 65.4 Å². The highest BCUT2D eigenvalue weighted by molar-refractivity contribution is 7.89. The van der Waals surface area contributed by atoms with E-state index in [0.29, 0.717) is 41.8 Å². The molecular formula is C23H23Cl2N5O5S. The number of hydrogen-bond donors (Lipinski definition) is 2. The lowest BCUT2D eigenvalue weighted by molar-refractivity contribution is -0.141. The summed E-state index contributed by atoms with van der Waals surface area (Å²) in [4.78, 5) is 30.6. The zero-order valence-corrected chi connectivity index (χ0v) is 21.2. The van der Waals surface area contributed by atoms with Gasteiger partial charge in [0.2, 0.25) is 10.0 Å². The summed E-state index contributed by atoms with van der Waals surface area (Å²) in [6.07, 6.45) is 2.28. The van der Waals surface area contributed by atoms with Crippen molar-refractivity contribution in [1.29, 1.82) is 0 Å². The fourth-order valence-corrected chi connectivity index (χ4v) is 6.74. The van der Waals surface area contributed by atoms with Crippen molar-refractivity contribution in [3.63, 3.8) is 0 Å². The van der Waals surface area contributed by atoms with Crippen LogP contribution in [0, 0.1) is 0 Å². The average Bonchev–Trinajstić information content (AvgIpc) is 2.83. The molecule has 1 saturated carbocycles. The van der Waals surface area contributed by atoms with Crippen molar-refractivity contribution in [2.75, 3.05) is 5.88 Å². The fourth-order valence-electron chi connectivity index (χ4n) is 5.21. The SMILES string of the molecule is [N-]=[N+]=NCS(=O)(=O)N[C@@H]1CCCC[C@H]1N1C(=O)c2ccccc2[C@@H](C(=O)O)[C@@H]1c1ccc(Cl)cc1Cl. The van der Waals surface area contributed by atoms with Crippen molar-refractivity contribution in [3.05, 3.63) is 79.6 Å². The number of fused-ring (bicyclic) bond motifs is 1. The molecule has 0 aromatic heterocycles. The van der Waals surface area contributed by atoms with E-state index in [2.05, 4.69) is 14.7 Å². The smallest absolute Gasteiger partial charge is 0.313 e. The summed E-state index contributed by atoms with van der Waals surface area (Å²) < 4.78 is 27.7. The highest BCUT2D eigenvalue weighted by Crippen LogP contribution is 2.47. The lowest BCUT2D eigenvalue weighted by atomic mass is 9.77. The number of halogens is 2. The van der Waals surface area contributed by atoms with E-state index in [1.165, 1.54) is 11.0 Å². The third kappa shape index (κ3) is 5.16. The fraction of sp³-hybridized carbons (Fsp3) is 0.391. The maximum absolute atomic E-state index is 13.9. The first kappa shape index (κ1) is 26.2. The van der Waals surface area contributed by atoms with E-state index < -0.39 is 51.8 Å². The number of carboxylic acids is 1. The van der Waals surface area contributed by atoms with Gasteiger partial charge in [0.25, 0.3) is 5.91 Å². The van der Waals surface area contributed by atoms with Gasteiger partial charge in [-0.25, -0.2) is 13.1 Å². The summed E-state index contributed by atoms with van der Waals surface area (Å²) >= 11 is 12.6. The summed E-state index contributed by atoms with van der Waals surface area (Å²) in [7, 11) is -3.99. The Hall–Kier alpha value is -2.82. The second-order valence-electron chi connectivity index (χ2n) is 8.78. The molecule has 1 aliphatic heterocycles. The van der Waals surface area contributed by atoms with E-state index in [1.54, 1.807) is 36.4 Å². The Morgan fingerprint density at radius 3 is 2.58 bits per heavy atom. The normalized spacial score (nSPS) is 24.1. The zero-order valence-electron chi connectivity index (χ0n) is 18.9. The molecule has 1 aliphatic carbocycles. The van der Waals surface area contributed by atoms with Crippen LogP contribution in [-0.2, 0) is 14.8 Å². The summed E-state index contributed by atoms with van der Waals surface area (Å²) in [5, 5.41) is 14.1. The Bertz CT molecular complexity index is 1350. The van der Waals surface area contributed by atoms with Gasteiger partial charge in [0.15, 0.2) is 0 Å². The number of nitrogens with one attached hydrogen (secondary N) is 1. The number of carbonyl (C=O) groups is 2. The van der Waals surface area contributed by atoms with Crippen molar-refractivity contribution in [3.8, 4) is 0 Å². The number of hydrogen-bond acceptors (Lipinski definition) is 5. The van der Waals surface area contributed by atoms with Crippen LogP contribution in [0.2, 0.25) is 10.0 Å². The van der Waals surface area contributed by atoms with Gasteiger partial charge >= 0.3 is 5.97 Å². The third-order valence-corrected chi connectivity index (χ3v) is 8.31. The summed E-state index contributed by atoms with van der Waals surface area (Å²) in [6.45, 7) is 0. The van der Waals surface area contributed by atoms with Crippen LogP contribution in [0.1, 0.15) is 59.1 Å². The number of aliphatic carboxylic acids is 1. The van der Waals surface area contributed by atoms with E-state index in [9.17, 15) is 23.1 Å². The van der Waals surface area contributed by atoms with Crippen LogP contribution in [0.3, 0.4) is 0 Å². The first-order valence-corrected chi connectivity index (χ1v) is 13.7. The van der Waals surface area contributed by atoms with E-state index >= 15 is 0 Å². The van der Waals surface area contributed by atoms with Crippen molar-refractivity contribution in [2.24, 2.45) is 5.11 Å². The molecule has 0 radical (unpaired) electrons. The quantitative estimate of drug-likeness (QED) is 0.286. The van der Waals surface area contributed by atoms with E-state index in [0.717, 1.165) is 0 Å². The second-order valence-corrected chi connectivity index (χ2v) is 11.3. The van der Waals surface area contributed by atoms with Gasteiger partial charge < -0.3 is 10.0 Å². The molecular weight excluding hydrogens is 529 g/mol. The Morgan fingerprint density at radius 2 is 1.89 bits per heavy atom. The molecule has 1 amide bonds. The zero-order chi connectivity index (χ0) is 26.0. The van der Waals surface area contributed by atoms with Crippen LogP contribution in [0.25, 0.3) is 10.4 Å². The van der Waals surface area contributed by atoms with E-state index in [4.69, 9.17) is 28.7 Å². The first-order chi connectivity index (χ1) is 17.1. The van der Waals surface area contributed by atoms with Crippen molar-refractivity contribution in [2.45, 2.75) is 49.7 Å². The molecule has 0 saturated heterocycles. The van der Waals surface area contributed by atoms with Crippen LogP contribution in [0.5, 0.6) is 0 Å². The third-order valence-electron chi connectivity index (χ3n) is 6.63. The van der Waals surface area contributed by atoms with Gasteiger partial charge in [-0.15, -0.1) is 0 Å². The van der Waals surface area contributed by atoms with Gasteiger partial charge in [-0.2, -0.15) is 0 Å². The van der Waals surface area contributed by atoms with Gasteiger partial charge in [0, 0.05) is 32.6 Å². The molecule has 4 rings (SSSR count). The number of amides is 1. The van der Waals surface area contributed by atoms with Gasteiger partial charge in [-0.05, 0) is 47.7 Å². The highest BCUT2D eigenvalue weighted by Gasteiger charge is 2.49. The molecule has 36 heavy (non-hydrogen) atoms. The Morgan fingerprint density at radius 1 is 1.17 bits per heavy atom. The standard InChI is InChI=1S/C23H23Cl2N5O5S/c24-13-9-10-16(17(25)11-13)21-20(23(32)33)14-5-1-2-6-15(14)22(31)30(21)19-8-4-3-7-18(19)28-36(34,35)12-27-29-26/h1-2,5-6,9-11,18-21,28H,3-4,7-8,12H2,(H,32,33)/t18-,19-,20-,21+/m1/s1. The summed E-state index contributed by atoms with van der Waals surface area (Å²) in [5.74, 6) is -3.49. The topological polar surface area (TPSA) is 153 Å². The number of benzene rings is 2. The van der Waals surface area contributed by atoms with Gasteiger partial charge in [0.1, 0.15) is 11.8 Å². The minimum absolute atomic E-state index is 0.201. The number of azide groups is 1. The Labute approximate surface area is 217 Å². The molecule has 0 bridgehead atoms. The number of carbonyl (C=O) groups excluding carboxylic acids is 1. The summed E-state index contributed by atoms with van der Waals surface area (Å²) in [6, 6.07) is 8.79. The highest BCUT2D eigenvalue weighted by atomic mass is 35.5. The second kappa shape index (κ2) is 10.7. The van der Waals surface area contributed by atoms with Crippen LogP contribution in [0.15, 0.2) is 47.6 Å². The molecule has 4 atom stereocenters.